The van der Waals surface area contributed by atoms with Crippen LogP contribution in [0, 0.1) is 0 Å². The zero-order valence-electron chi connectivity index (χ0n) is 23.3. The van der Waals surface area contributed by atoms with Crippen LogP contribution in [0.25, 0.3) is 0 Å². The van der Waals surface area contributed by atoms with Crippen LogP contribution in [-0.4, -0.2) is 43.8 Å². The van der Waals surface area contributed by atoms with Crippen molar-refractivity contribution in [2.24, 2.45) is 0 Å². The van der Waals surface area contributed by atoms with Crippen molar-refractivity contribution in [1.29, 1.82) is 0 Å². The summed E-state index contributed by atoms with van der Waals surface area (Å²) in [5, 5.41) is 4.37. The van der Waals surface area contributed by atoms with Gasteiger partial charge in [-0.2, -0.15) is 0 Å². The van der Waals surface area contributed by atoms with Crippen LogP contribution >= 0.6 is 34.8 Å². The third kappa shape index (κ3) is 8.19. The molecule has 42 heavy (non-hydrogen) atoms. The number of carbonyl (C=O) groups is 2. The fourth-order valence-corrected chi connectivity index (χ4v) is 6.99. The summed E-state index contributed by atoms with van der Waals surface area (Å²) in [5.74, 6) is -0.783. The Hall–Kier alpha value is -2.78. The van der Waals surface area contributed by atoms with Gasteiger partial charge in [0.05, 0.1) is 10.6 Å². The van der Waals surface area contributed by atoms with Crippen molar-refractivity contribution in [3.05, 3.63) is 93.4 Å². The predicted octanol–water partition coefficient (Wildman–Crippen LogP) is 7.10. The van der Waals surface area contributed by atoms with E-state index in [0.717, 1.165) is 42.0 Å². The van der Waals surface area contributed by atoms with E-state index in [-0.39, 0.29) is 29.1 Å². The summed E-state index contributed by atoms with van der Waals surface area (Å²) in [4.78, 5) is 29.2. The normalized spacial score (nSPS) is 14.7. The SMILES string of the molecule is CCC(C(=O)NC1CCCCC1)N(Cc1ccc(Cl)cc1)C(=O)CN(c1cccc(Cl)c1)S(=O)(=O)c1ccc(Cl)cc1. The number of nitrogens with zero attached hydrogens (tertiary/aromatic N) is 2. The van der Waals surface area contributed by atoms with Gasteiger partial charge in [-0.25, -0.2) is 8.42 Å². The highest BCUT2D eigenvalue weighted by atomic mass is 35.5. The highest BCUT2D eigenvalue weighted by Gasteiger charge is 2.34. The molecule has 1 aliphatic carbocycles. The van der Waals surface area contributed by atoms with Gasteiger partial charge >= 0.3 is 0 Å². The first-order valence-corrected chi connectivity index (χ1v) is 16.5. The van der Waals surface area contributed by atoms with Crippen LogP contribution in [0.1, 0.15) is 51.0 Å². The standard InChI is InChI=1S/C31H34Cl3N3O4S/c1-2-29(31(39)35-26-8-4-3-5-9-26)36(20-22-11-13-23(32)14-12-22)30(38)21-37(27-10-6-7-25(34)19-27)42(40,41)28-17-15-24(33)16-18-28/h6-7,10-19,26,29H,2-5,8-9,20-21H2,1H3,(H,35,39). The number of benzene rings is 3. The van der Waals surface area contributed by atoms with Crippen molar-refractivity contribution in [3.8, 4) is 0 Å². The van der Waals surface area contributed by atoms with Gasteiger partial charge in [-0.1, -0.05) is 79.2 Å². The number of amides is 2. The lowest BCUT2D eigenvalue weighted by atomic mass is 9.95. The third-order valence-electron chi connectivity index (χ3n) is 7.38. The fraction of sp³-hybridized carbons (Fsp3) is 0.355. The van der Waals surface area contributed by atoms with Crippen molar-refractivity contribution in [1.82, 2.24) is 10.2 Å². The summed E-state index contributed by atoms with van der Waals surface area (Å²) < 4.78 is 28.9. The highest BCUT2D eigenvalue weighted by Crippen LogP contribution is 2.28. The van der Waals surface area contributed by atoms with E-state index in [1.807, 2.05) is 6.92 Å². The van der Waals surface area contributed by atoms with Crippen LogP contribution in [0.2, 0.25) is 15.1 Å². The molecule has 224 valence electrons. The monoisotopic (exact) mass is 649 g/mol. The molecule has 11 heteroatoms. The van der Waals surface area contributed by atoms with Gasteiger partial charge < -0.3 is 10.2 Å². The van der Waals surface area contributed by atoms with E-state index >= 15 is 0 Å². The van der Waals surface area contributed by atoms with E-state index in [1.165, 1.54) is 35.2 Å². The summed E-state index contributed by atoms with van der Waals surface area (Å²) in [7, 11) is -4.22. The molecule has 0 aliphatic heterocycles. The maximum absolute atomic E-state index is 14.2. The zero-order chi connectivity index (χ0) is 30.3. The molecule has 0 spiro atoms. The van der Waals surface area contributed by atoms with E-state index in [0.29, 0.717) is 21.5 Å². The van der Waals surface area contributed by atoms with Crippen molar-refractivity contribution >= 4 is 62.3 Å². The van der Waals surface area contributed by atoms with Crippen LogP contribution in [0.5, 0.6) is 0 Å². The molecule has 0 bridgehead atoms. The number of sulfonamides is 1. The molecular formula is C31H34Cl3N3O4S. The minimum absolute atomic E-state index is 0.0361. The molecule has 1 fully saturated rings. The molecule has 1 N–H and O–H groups in total. The fourth-order valence-electron chi connectivity index (χ4n) is 5.14. The Morgan fingerprint density at radius 2 is 1.50 bits per heavy atom. The Labute approximate surface area is 262 Å². The van der Waals surface area contributed by atoms with Crippen LogP contribution in [0.4, 0.5) is 5.69 Å². The average molecular weight is 651 g/mol. The summed E-state index contributed by atoms with van der Waals surface area (Å²) in [6.07, 6.45) is 5.38. The lowest BCUT2D eigenvalue weighted by molar-refractivity contribution is -0.140. The van der Waals surface area contributed by atoms with Gasteiger partial charge in [-0.15, -0.1) is 0 Å². The van der Waals surface area contributed by atoms with Crippen molar-refractivity contribution in [2.45, 2.75) is 69.0 Å². The Kier molecular flexibility index (Phi) is 11.2. The van der Waals surface area contributed by atoms with Gasteiger partial charge in [-0.3, -0.25) is 13.9 Å². The molecule has 1 aliphatic rings. The summed E-state index contributed by atoms with van der Waals surface area (Å²) in [6.45, 7) is 1.38. The first-order valence-electron chi connectivity index (χ1n) is 14.0. The largest absolute Gasteiger partial charge is 0.352 e. The first-order chi connectivity index (χ1) is 20.1. The van der Waals surface area contributed by atoms with Gasteiger partial charge in [-0.05, 0) is 79.4 Å². The first kappa shape index (κ1) is 32.1. The molecule has 0 saturated heterocycles. The lowest BCUT2D eigenvalue weighted by Crippen LogP contribution is -2.54. The third-order valence-corrected chi connectivity index (χ3v) is 9.91. The second-order valence-corrected chi connectivity index (χ2v) is 13.5. The van der Waals surface area contributed by atoms with E-state index < -0.39 is 28.5 Å². The molecule has 1 unspecified atom stereocenters. The highest BCUT2D eigenvalue weighted by molar-refractivity contribution is 7.92. The van der Waals surface area contributed by atoms with E-state index in [9.17, 15) is 18.0 Å². The smallest absolute Gasteiger partial charge is 0.264 e. The molecule has 0 aromatic heterocycles. The van der Waals surface area contributed by atoms with E-state index in [4.69, 9.17) is 34.8 Å². The predicted molar refractivity (Wildman–Crippen MR) is 169 cm³/mol. The maximum Gasteiger partial charge on any atom is 0.264 e. The molecule has 0 radical (unpaired) electrons. The molecular weight excluding hydrogens is 617 g/mol. The van der Waals surface area contributed by atoms with Crippen LogP contribution < -0.4 is 9.62 Å². The van der Waals surface area contributed by atoms with Crippen molar-refractivity contribution in [3.63, 3.8) is 0 Å². The topological polar surface area (TPSA) is 86.8 Å². The minimum Gasteiger partial charge on any atom is -0.352 e. The molecule has 0 heterocycles. The average Bonchev–Trinajstić information content (AvgIpc) is 2.97. The second-order valence-electron chi connectivity index (χ2n) is 10.4. The summed E-state index contributed by atoms with van der Waals surface area (Å²) >= 11 is 18.3. The second kappa shape index (κ2) is 14.6. The Morgan fingerprint density at radius 3 is 2.10 bits per heavy atom. The minimum atomic E-state index is -4.22. The number of anilines is 1. The van der Waals surface area contributed by atoms with Crippen LogP contribution in [0.3, 0.4) is 0 Å². The van der Waals surface area contributed by atoms with Gasteiger partial charge in [0.25, 0.3) is 10.0 Å². The van der Waals surface area contributed by atoms with E-state index in [2.05, 4.69) is 5.32 Å². The molecule has 4 rings (SSSR count). The summed E-state index contributed by atoms with van der Waals surface area (Å²) in [6, 6.07) is 18.3. The van der Waals surface area contributed by atoms with E-state index in [1.54, 1.807) is 42.5 Å². The molecule has 1 atom stereocenters. The van der Waals surface area contributed by atoms with Gasteiger partial charge in [0.15, 0.2) is 0 Å². The Balaban J connectivity index is 1.70. The Bertz CT molecular complexity index is 1480. The van der Waals surface area contributed by atoms with Crippen molar-refractivity contribution < 1.29 is 18.0 Å². The quantitative estimate of drug-likeness (QED) is 0.240. The zero-order valence-corrected chi connectivity index (χ0v) is 26.4. The van der Waals surface area contributed by atoms with Gasteiger partial charge in [0, 0.05) is 27.7 Å². The van der Waals surface area contributed by atoms with Crippen LogP contribution in [-0.2, 0) is 26.2 Å². The molecule has 1 saturated carbocycles. The number of nitrogens with one attached hydrogen (secondary N) is 1. The molecule has 3 aromatic rings. The Morgan fingerprint density at radius 1 is 0.881 bits per heavy atom. The molecule has 7 nitrogen and oxygen atoms in total. The number of halogens is 3. The van der Waals surface area contributed by atoms with Gasteiger partial charge in [0.2, 0.25) is 11.8 Å². The number of rotatable bonds is 11. The number of carbonyl (C=O) groups excluding carboxylic acids is 2. The van der Waals surface area contributed by atoms with Crippen LogP contribution in [0.15, 0.2) is 77.7 Å². The summed E-state index contributed by atoms with van der Waals surface area (Å²) in [5.41, 5.74) is 0.975. The van der Waals surface area contributed by atoms with Gasteiger partial charge in [0.1, 0.15) is 12.6 Å². The maximum atomic E-state index is 14.2. The molecule has 3 aromatic carbocycles. The number of hydrogen-bond donors (Lipinski definition) is 1. The lowest BCUT2D eigenvalue weighted by Gasteiger charge is -2.34. The number of hydrogen-bond acceptors (Lipinski definition) is 4. The molecule has 2 amide bonds. The van der Waals surface area contributed by atoms with Crippen molar-refractivity contribution in [2.75, 3.05) is 10.8 Å².